The average molecular weight is 486 g/mol. The van der Waals surface area contributed by atoms with Gasteiger partial charge in [0, 0.05) is 15.7 Å². The van der Waals surface area contributed by atoms with Crippen molar-refractivity contribution in [1.29, 1.82) is 0 Å². The maximum absolute atomic E-state index is 12.5. The molecule has 3 rings (SSSR count). The number of carbonyl (C=O) groups excluding carboxylic acids is 3. The van der Waals surface area contributed by atoms with Gasteiger partial charge in [0.15, 0.2) is 12.4 Å². The van der Waals surface area contributed by atoms with E-state index in [1.165, 1.54) is 24.3 Å². The van der Waals surface area contributed by atoms with Gasteiger partial charge in [0.2, 0.25) is 5.91 Å². The third-order valence-corrected chi connectivity index (χ3v) is 5.50. The number of amides is 1. The maximum atomic E-state index is 12.5. The van der Waals surface area contributed by atoms with Gasteiger partial charge in [-0.3, -0.25) is 14.4 Å². The summed E-state index contributed by atoms with van der Waals surface area (Å²) in [6, 6.07) is 12.7. The minimum Gasteiger partial charge on any atom is -0.481 e. The fourth-order valence-electron chi connectivity index (χ4n) is 3.24. The van der Waals surface area contributed by atoms with Gasteiger partial charge in [-0.2, -0.15) is 0 Å². The van der Waals surface area contributed by atoms with Gasteiger partial charge >= 0.3 is 11.9 Å². The van der Waals surface area contributed by atoms with Gasteiger partial charge in [-0.25, -0.2) is 4.79 Å². The quantitative estimate of drug-likeness (QED) is 0.347. The summed E-state index contributed by atoms with van der Waals surface area (Å²) in [7, 11) is 0. The van der Waals surface area contributed by atoms with E-state index in [9.17, 15) is 24.3 Å². The second-order valence-corrected chi connectivity index (χ2v) is 7.98. The van der Waals surface area contributed by atoms with Crippen molar-refractivity contribution in [2.45, 2.75) is 12.8 Å². The molecule has 0 bridgehead atoms. The molecule has 0 aromatic heterocycles. The zero-order chi connectivity index (χ0) is 22.4. The Labute approximate surface area is 187 Å². The van der Waals surface area contributed by atoms with Crippen molar-refractivity contribution in [3.63, 3.8) is 0 Å². The number of aliphatic carboxylic acids is 1. The number of carboxylic acids is 1. The van der Waals surface area contributed by atoms with Gasteiger partial charge in [-0.1, -0.05) is 40.2 Å². The van der Waals surface area contributed by atoms with Crippen LogP contribution in [-0.4, -0.2) is 35.3 Å². The Morgan fingerprint density at radius 2 is 1.48 bits per heavy atom. The molecule has 0 spiro atoms. The number of carbonyl (C=O) groups is 4. The third kappa shape index (κ3) is 5.88. The fourth-order valence-corrected chi connectivity index (χ4v) is 3.50. The highest BCUT2D eigenvalue weighted by Gasteiger charge is 2.33. The Hall–Kier alpha value is -3.26. The highest BCUT2D eigenvalue weighted by atomic mass is 79.9. The number of Topliss-reactive ketones (excluding diaryl/α,β-unsaturated/α-hetero) is 1. The molecule has 2 N–H and O–H groups in total. The van der Waals surface area contributed by atoms with Crippen molar-refractivity contribution in [2.24, 2.45) is 11.8 Å². The lowest BCUT2D eigenvalue weighted by Gasteiger charge is -2.24. The molecule has 0 saturated heterocycles. The molecule has 1 aliphatic rings. The second kappa shape index (κ2) is 10.2. The lowest BCUT2D eigenvalue weighted by Crippen LogP contribution is -2.34. The molecule has 7 nitrogen and oxygen atoms in total. The third-order valence-electron chi connectivity index (χ3n) is 4.98. The van der Waals surface area contributed by atoms with Gasteiger partial charge in [0.25, 0.3) is 0 Å². The number of hydrogen-bond donors (Lipinski definition) is 2. The standard InChI is InChI=1S/C23H20BrNO6/c24-16-9-5-14(6-10-16)20(26)13-31-23(30)15-7-11-17(12-8-15)25-21(27)18-3-1-2-4-19(18)22(28)29/h1-2,5-12,18-19H,3-4,13H2,(H,25,27)(H,28,29)/t18-,19-/m0/s1. The topological polar surface area (TPSA) is 110 Å². The number of esters is 1. The van der Waals surface area contributed by atoms with E-state index in [0.29, 0.717) is 24.1 Å². The first-order chi connectivity index (χ1) is 14.8. The number of ether oxygens (including phenoxy) is 1. The SMILES string of the molecule is O=C(COC(=O)c1ccc(NC(=O)[C@H]2CC=CC[C@@H]2C(=O)O)cc1)c1ccc(Br)cc1. The molecule has 31 heavy (non-hydrogen) atoms. The predicted octanol–water partition coefficient (Wildman–Crippen LogP) is 4.09. The van der Waals surface area contributed by atoms with Gasteiger partial charge in [-0.15, -0.1) is 0 Å². The molecule has 0 saturated carbocycles. The average Bonchev–Trinajstić information content (AvgIpc) is 2.78. The molecular weight excluding hydrogens is 466 g/mol. The van der Waals surface area contributed by atoms with Crippen LogP contribution < -0.4 is 5.32 Å². The first kappa shape index (κ1) is 22.4. The van der Waals surface area contributed by atoms with Crippen molar-refractivity contribution < 1.29 is 29.0 Å². The van der Waals surface area contributed by atoms with E-state index < -0.39 is 23.8 Å². The summed E-state index contributed by atoms with van der Waals surface area (Å²) in [5, 5.41) is 12.0. The number of hydrogen-bond acceptors (Lipinski definition) is 5. The minimum atomic E-state index is -1.000. The predicted molar refractivity (Wildman–Crippen MR) is 117 cm³/mol. The van der Waals surface area contributed by atoms with Crippen molar-refractivity contribution in [3.05, 3.63) is 76.3 Å². The van der Waals surface area contributed by atoms with Gasteiger partial charge in [0.1, 0.15) is 0 Å². The maximum Gasteiger partial charge on any atom is 0.338 e. The van der Waals surface area contributed by atoms with Crippen LogP contribution in [0.25, 0.3) is 0 Å². The Kier molecular flexibility index (Phi) is 7.36. The monoisotopic (exact) mass is 485 g/mol. The van der Waals surface area contributed by atoms with E-state index in [4.69, 9.17) is 4.74 Å². The van der Waals surface area contributed by atoms with Gasteiger partial charge < -0.3 is 15.2 Å². The van der Waals surface area contributed by atoms with Crippen LogP contribution in [0.4, 0.5) is 5.69 Å². The molecule has 0 aliphatic heterocycles. The number of ketones is 1. The highest BCUT2D eigenvalue weighted by Crippen LogP contribution is 2.27. The van der Waals surface area contributed by atoms with E-state index in [1.54, 1.807) is 36.4 Å². The van der Waals surface area contributed by atoms with Crippen LogP contribution in [0.1, 0.15) is 33.6 Å². The van der Waals surface area contributed by atoms with Crippen LogP contribution >= 0.6 is 15.9 Å². The van der Waals surface area contributed by atoms with E-state index >= 15 is 0 Å². The van der Waals surface area contributed by atoms with E-state index in [2.05, 4.69) is 21.2 Å². The molecule has 2 atom stereocenters. The van der Waals surface area contributed by atoms with Crippen LogP contribution in [0, 0.1) is 11.8 Å². The number of nitrogens with one attached hydrogen (secondary N) is 1. The zero-order valence-corrected chi connectivity index (χ0v) is 18.0. The summed E-state index contributed by atoms with van der Waals surface area (Å²) < 4.78 is 5.91. The molecule has 0 radical (unpaired) electrons. The lowest BCUT2D eigenvalue weighted by atomic mass is 9.82. The summed E-state index contributed by atoms with van der Waals surface area (Å²) >= 11 is 3.29. The Morgan fingerprint density at radius 1 is 0.903 bits per heavy atom. The van der Waals surface area contributed by atoms with Crippen molar-refractivity contribution in [2.75, 3.05) is 11.9 Å². The van der Waals surface area contributed by atoms with Gasteiger partial charge in [0.05, 0.1) is 17.4 Å². The molecule has 0 heterocycles. The Morgan fingerprint density at radius 3 is 2.10 bits per heavy atom. The number of benzene rings is 2. The summed E-state index contributed by atoms with van der Waals surface area (Å²) in [4.78, 5) is 48.2. The second-order valence-electron chi connectivity index (χ2n) is 7.07. The summed E-state index contributed by atoms with van der Waals surface area (Å²) in [6.07, 6.45) is 4.25. The molecular formula is C23H20BrNO6. The minimum absolute atomic E-state index is 0.227. The summed E-state index contributed by atoms with van der Waals surface area (Å²) in [5.74, 6) is -3.78. The van der Waals surface area contributed by atoms with E-state index in [-0.39, 0.29) is 23.9 Å². The van der Waals surface area contributed by atoms with Crippen LogP contribution in [0.15, 0.2) is 65.2 Å². The van der Waals surface area contributed by atoms with E-state index in [0.717, 1.165) is 4.47 Å². The highest BCUT2D eigenvalue weighted by molar-refractivity contribution is 9.10. The fraction of sp³-hybridized carbons (Fsp3) is 0.217. The zero-order valence-electron chi connectivity index (χ0n) is 16.4. The summed E-state index contributed by atoms with van der Waals surface area (Å²) in [5.41, 5.74) is 1.10. The number of halogens is 1. The van der Waals surface area contributed by atoms with Crippen LogP contribution in [0.2, 0.25) is 0 Å². The van der Waals surface area contributed by atoms with Crippen molar-refractivity contribution in [3.8, 4) is 0 Å². The van der Waals surface area contributed by atoms with Crippen LogP contribution in [0.3, 0.4) is 0 Å². The molecule has 1 aliphatic carbocycles. The van der Waals surface area contributed by atoms with Crippen LogP contribution in [-0.2, 0) is 14.3 Å². The molecule has 2 aromatic carbocycles. The van der Waals surface area contributed by atoms with E-state index in [1.807, 2.05) is 0 Å². The normalized spacial score (nSPS) is 17.6. The Bertz CT molecular complexity index is 1010. The molecule has 160 valence electrons. The molecule has 1 amide bonds. The lowest BCUT2D eigenvalue weighted by molar-refractivity contribution is -0.146. The largest absolute Gasteiger partial charge is 0.481 e. The number of rotatable bonds is 7. The van der Waals surface area contributed by atoms with Crippen molar-refractivity contribution in [1.82, 2.24) is 0 Å². The Balaban J connectivity index is 1.55. The number of carboxylic acid groups (broad SMARTS) is 1. The van der Waals surface area contributed by atoms with Crippen LogP contribution in [0.5, 0.6) is 0 Å². The molecule has 0 unspecified atom stereocenters. The number of allylic oxidation sites excluding steroid dienone is 2. The first-order valence-corrected chi connectivity index (χ1v) is 10.4. The molecule has 8 heteroatoms. The molecule has 0 fully saturated rings. The molecule has 2 aromatic rings. The smallest absolute Gasteiger partial charge is 0.338 e. The first-order valence-electron chi connectivity index (χ1n) is 9.60. The van der Waals surface area contributed by atoms with Gasteiger partial charge in [-0.05, 0) is 49.2 Å². The van der Waals surface area contributed by atoms with Crippen molar-refractivity contribution >= 4 is 45.2 Å². The summed E-state index contributed by atoms with van der Waals surface area (Å²) in [6.45, 7) is -0.384. The number of anilines is 1.